The molecule has 0 bridgehead atoms. The fraction of sp³-hybridized carbons (Fsp3) is 0.846. The molecule has 1 aliphatic rings. The van der Waals surface area contributed by atoms with E-state index in [9.17, 15) is 14.7 Å². The second-order valence-electron chi connectivity index (χ2n) is 5.19. The molecule has 5 heteroatoms. The van der Waals surface area contributed by atoms with Crippen LogP contribution >= 0.6 is 0 Å². The molecular formula is C13H24N2O3. The molecule has 2 atom stereocenters. The van der Waals surface area contributed by atoms with Crippen LogP contribution < -0.4 is 5.32 Å². The predicted octanol–water partition coefficient (Wildman–Crippen LogP) is 1.09. The lowest BCUT2D eigenvalue weighted by Crippen LogP contribution is -2.42. The Morgan fingerprint density at radius 1 is 1.44 bits per heavy atom. The molecule has 2 unspecified atom stereocenters. The van der Waals surface area contributed by atoms with E-state index in [4.69, 9.17) is 0 Å². The van der Waals surface area contributed by atoms with Crippen LogP contribution in [0, 0.1) is 5.41 Å². The van der Waals surface area contributed by atoms with Gasteiger partial charge in [0.05, 0.1) is 12.0 Å². The first-order valence-electron chi connectivity index (χ1n) is 6.69. The number of carbonyl (C=O) groups excluding carboxylic acids is 1. The van der Waals surface area contributed by atoms with Crippen LogP contribution in [0.3, 0.4) is 0 Å². The van der Waals surface area contributed by atoms with Crippen LogP contribution in [0.5, 0.6) is 0 Å². The van der Waals surface area contributed by atoms with Gasteiger partial charge >= 0.3 is 5.97 Å². The zero-order chi connectivity index (χ0) is 13.8. The third-order valence-electron chi connectivity index (χ3n) is 4.05. The number of carboxylic acid groups (broad SMARTS) is 1. The highest BCUT2D eigenvalue weighted by Crippen LogP contribution is 2.34. The fourth-order valence-electron chi connectivity index (χ4n) is 2.22. The summed E-state index contributed by atoms with van der Waals surface area (Å²) in [6.45, 7) is 7.17. The van der Waals surface area contributed by atoms with Gasteiger partial charge in [0.1, 0.15) is 0 Å². The SMILES string of the molecule is CCC(C)NCC(=O)N1CCC(CC)(C(=O)O)C1. The van der Waals surface area contributed by atoms with E-state index >= 15 is 0 Å². The minimum Gasteiger partial charge on any atom is -0.481 e. The van der Waals surface area contributed by atoms with Crippen LogP contribution in [0.15, 0.2) is 0 Å². The summed E-state index contributed by atoms with van der Waals surface area (Å²) in [6.07, 6.45) is 2.11. The second kappa shape index (κ2) is 6.18. The molecule has 0 aliphatic carbocycles. The number of likely N-dealkylation sites (tertiary alicyclic amines) is 1. The number of hydrogen-bond donors (Lipinski definition) is 2. The normalized spacial score (nSPS) is 25.2. The van der Waals surface area contributed by atoms with Crippen molar-refractivity contribution < 1.29 is 14.7 Å². The lowest BCUT2D eigenvalue weighted by Gasteiger charge is -2.23. The van der Waals surface area contributed by atoms with E-state index in [1.165, 1.54) is 0 Å². The van der Waals surface area contributed by atoms with Crippen molar-refractivity contribution in [1.29, 1.82) is 0 Å². The fourth-order valence-corrected chi connectivity index (χ4v) is 2.22. The van der Waals surface area contributed by atoms with E-state index in [1.807, 2.05) is 13.8 Å². The Labute approximate surface area is 109 Å². The summed E-state index contributed by atoms with van der Waals surface area (Å²) in [6, 6.07) is 0.312. The van der Waals surface area contributed by atoms with Crippen molar-refractivity contribution in [2.75, 3.05) is 19.6 Å². The lowest BCUT2D eigenvalue weighted by atomic mass is 9.84. The maximum absolute atomic E-state index is 12.0. The Hall–Kier alpha value is -1.10. The smallest absolute Gasteiger partial charge is 0.311 e. The minimum absolute atomic E-state index is 0.00637. The van der Waals surface area contributed by atoms with Crippen LogP contribution in [0.4, 0.5) is 0 Å². The first-order valence-corrected chi connectivity index (χ1v) is 6.69. The molecule has 0 aromatic heterocycles. The third-order valence-corrected chi connectivity index (χ3v) is 4.05. The summed E-state index contributed by atoms with van der Waals surface area (Å²) < 4.78 is 0. The molecule has 0 aromatic carbocycles. The maximum Gasteiger partial charge on any atom is 0.311 e. The van der Waals surface area contributed by atoms with E-state index < -0.39 is 11.4 Å². The molecule has 104 valence electrons. The van der Waals surface area contributed by atoms with Gasteiger partial charge in [-0.3, -0.25) is 9.59 Å². The van der Waals surface area contributed by atoms with Crippen LogP contribution in [0.2, 0.25) is 0 Å². The van der Waals surface area contributed by atoms with Crippen LogP contribution in [0.1, 0.15) is 40.0 Å². The van der Waals surface area contributed by atoms with Crippen molar-refractivity contribution in [3.63, 3.8) is 0 Å². The van der Waals surface area contributed by atoms with Crippen molar-refractivity contribution in [2.45, 2.75) is 46.1 Å². The Kier molecular flexibility index (Phi) is 5.14. The number of aliphatic carboxylic acids is 1. The summed E-state index contributed by atoms with van der Waals surface area (Å²) in [4.78, 5) is 24.9. The topological polar surface area (TPSA) is 69.6 Å². The van der Waals surface area contributed by atoms with Gasteiger partial charge in [0, 0.05) is 19.1 Å². The van der Waals surface area contributed by atoms with E-state index in [2.05, 4.69) is 12.2 Å². The van der Waals surface area contributed by atoms with Crippen molar-refractivity contribution in [2.24, 2.45) is 5.41 Å². The standard InChI is InChI=1S/C13H24N2O3/c1-4-10(3)14-8-11(16)15-7-6-13(5-2,9-15)12(17)18/h10,14H,4-9H2,1-3H3,(H,17,18). The Morgan fingerprint density at radius 3 is 2.56 bits per heavy atom. The van der Waals surface area contributed by atoms with Gasteiger partial charge in [-0.25, -0.2) is 0 Å². The Bertz CT molecular complexity index is 319. The average Bonchev–Trinajstić information content (AvgIpc) is 2.81. The summed E-state index contributed by atoms with van der Waals surface area (Å²) in [7, 11) is 0. The summed E-state index contributed by atoms with van der Waals surface area (Å²) >= 11 is 0. The zero-order valence-electron chi connectivity index (χ0n) is 11.5. The van der Waals surface area contributed by atoms with Crippen LogP contribution in [-0.4, -0.2) is 47.6 Å². The number of carbonyl (C=O) groups is 2. The number of hydrogen-bond acceptors (Lipinski definition) is 3. The van der Waals surface area contributed by atoms with Gasteiger partial charge < -0.3 is 15.3 Å². The highest BCUT2D eigenvalue weighted by molar-refractivity contribution is 5.81. The van der Waals surface area contributed by atoms with Gasteiger partial charge in [-0.2, -0.15) is 0 Å². The summed E-state index contributed by atoms with van der Waals surface area (Å²) in [5.74, 6) is -0.776. The van der Waals surface area contributed by atoms with E-state index in [0.717, 1.165) is 6.42 Å². The van der Waals surface area contributed by atoms with Gasteiger partial charge in [-0.1, -0.05) is 13.8 Å². The number of nitrogens with zero attached hydrogens (tertiary/aromatic N) is 1. The molecule has 0 saturated carbocycles. The quantitative estimate of drug-likeness (QED) is 0.746. The number of amides is 1. The van der Waals surface area contributed by atoms with E-state index in [0.29, 0.717) is 38.5 Å². The van der Waals surface area contributed by atoms with E-state index in [-0.39, 0.29) is 5.91 Å². The maximum atomic E-state index is 12.0. The molecule has 1 saturated heterocycles. The second-order valence-corrected chi connectivity index (χ2v) is 5.19. The van der Waals surface area contributed by atoms with Crippen LogP contribution in [0.25, 0.3) is 0 Å². The van der Waals surface area contributed by atoms with Crippen molar-refractivity contribution in [3.05, 3.63) is 0 Å². The minimum atomic E-state index is -0.782. The summed E-state index contributed by atoms with van der Waals surface area (Å²) in [5, 5.41) is 12.4. The first-order chi connectivity index (χ1) is 8.45. The Morgan fingerprint density at radius 2 is 2.11 bits per heavy atom. The Balaban J connectivity index is 2.50. The van der Waals surface area contributed by atoms with Gasteiger partial charge in [-0.15, -0.1) is 0 Å². The first kappa shape index (κ1) is 15.0. The van der Waals surface area contributed by atoms with Gasteiger partial charge in [0.15, 0.2) is 0 Å². The monoisotopic (exact) mass is 256 g/mol. The molecule has 18 heavy (non-hydrogen) atoms. The van der Waals surface area contributed by atoms with Crippen molar-refractivity contribution >= 4 is 11.9 Å². The molecule has 1 fully saturated rings. The molecule has 5 nitrogen and oxygen atoms in total. The van der Waals surface area contributed by atoms with Crippen molar-refractivity contribution in [3.8, 4) is 0 Å². The molecule has 1 amide bonds. The molecule has 1 heterocycles. The number of rotatable bonds is 6. The highest BCUT2D eigenvalue weighted by atomic mass is 16.4. The van der Waals surface area contributed by atoms with Gasteiger partial charge in [0.2, 0.25) is 5.91 Å². The van der Waals surface area contributed by atoms with E-state index in [1.54, 1.807) is 4.90 Å². The molecule has 2 N–H and O–H groups in total. The van der Waals surface area contributed by atoms with Crippen molar-refractivity contribution in [1.82, 2.24) is 10.2 Å². The predicted molar refractivity (Wildman–Crippen MR) is 69.3 cm³/mol. The number of carboxylic acids is 1. The molecule has 0 radical (unpaired) electrons. The lowest BCUT2D eigenvalue weighted by molar-refractivity contribution is -0.148. The molecule has 0 spiro atoms. The highest BCUT2D eigenvalue weighted by Gasteiger charge is 2.44. The van der Waals surface area contributed by atoms with Gasteiger partial charge in [-0.05, 0) is 26.2 Å². The number of nitrogens with one attached hydrogen (secondary N) is 1. The molecule has 1 aliphatic heterocycles. The summed E-state index contributed by atoms with van der Waals surface area (Å²) in [5.41, 5.74) is -0.730. The largest absolute Gasteiger partial charge is 0.481 e. The third kappa shape index (κ3) is 3.22. The molecule has 0 aromatic rings. The molecular weight excluding hydrogens is 232 g/mol. The molecule has 1 rings (SSSR count). The van der Waals surface area contributed by atoms with Crippen LogP contribution in [-0.2, 0) is 9.59 Å². The zero-order valence-corrected chi connectivity index (χ0v) is 11.5. The average molecular weight is 256 g/mol. The van der Waals surface area contributed by atoms with Gasteiger partial charge in [0.25, 0.3) is 0 Å².